The fourth-order valence-corrected chi connectivity index (χ4v) is 1.29. The van der Waals surface area contributed by atoms with Gasteiger partial charge >= 0.3 is 0 Å². The molecule has 0 saturated heterocycles. The summed E-state index contributed by atoms with van der Waals surface area (Å²) < 4.78 is 0. The summed E-state index contributed by atoms with van der Waals surface area (Å²) in [4.78, 5) is 0. The van der Waals surface area contributed by atoms with Gasteiger partial charge in [0.15, 0.2) is 0 Å². The van der Waals surface area contributed by atoms with E-state index in [4.69, 9.17) is 0 Å². The first-order valence-electron chi connectivity index (χ1n) is 4.02. The molecule has 0 N–H and O–H groups in total. The molecule has 1 aliphatic rings. The van der Waals surface area contributed by atoms with Crippen molar-refractivity contribution in [1.29, 1.82) is 0 Å². The smallest absolute Gasteiger partial charge is 0.0382 e. The summed E-state index contributed by atoms with van der Waals surface area (Å²) in [7, 11) is 0. The molecule has 1 rings (SSSR count). The van der Waals surface area contributed by atoms with Gasteiger partial charge in [0.2, 0.25) is 0 Å². The Morgan fingerprint density at radius 3 is 3.10 bits per heavy atom. The van der Waals surface area contributed by atoms with Crippen molar-refractivity contribution in [2.45, 2.75) is 32.6 Å². The van der Waals surface area contributed by atoms with Gasteiger partial charge in [-0.25, -0.2) is 0 Å². The van der Waals surface area contributed by atoms with Crippen LogP contribution in [-0.2, 0) is 0 Å². The van der Waals surface area contributed by atoms with Crippen LogP contribution in [0.5, 0.6) is 0 Å². The molecule has 0 heteroatoms. The predicted octanol–water partition coefficient (Wildman–Crippen LogP) is 2.76. The van der Waals surface area contributed by atoms with Gasteiger partial charge in [0, 0.05) is 5.92 Å². The second-order valence-electron chi connectivity index (χ2n) is 2.71. The molecule has 10 heavy (non-hydrogen) atoms. The second kappa shape index (κ2) is 4.17. The third-order valence-electron chi connectivity index (χ3n) is 1.83. The lowest BCUT2D eigenvalue weighted by Crippen LogP contribution is -1.89. The predicted molar refractivity (Wildman–Crippen MR) is 44.5 cm³/mol. The third kappa shape index (κ3) is 2.27. The van der Waals surface area contributed by atoms with E-state index in [1.54, 1.807) is 0 Å². The van der Waals surface area contributed by atoms with E-state index in [2.05, 4.69) is 24.0 Å². The van der Waals surface area contributed by atoms with Gasteiger partial charge in [-0.1, -0.05) is 24.5 Å². The number of rotatable bonds is 0. The minimum atomic E-state index is 0.549. The Labute approximate surface area is 63.3 Å². The SMILES string of the molecule is CC#CC1C=CCCCC1. The Kier molecular flexibility index (Phi) is 3.09. The summed E-state index contributed by atoms with van der Waals surface area (Å²) in [5.74, 6) is 6.70. The molecule has 0 amide bonds. The molecule has 0 aromatic carbocycles. The highest BCUT2D eigenvalue weighted by atomic mass is 14.1. The first-order chi connectivity index (χ1) is 4.93. The summed E-state index contributed by atoms with van der Waals surface area (Å²) in [5, 5.41) is 0. The molecule has 1 unspecified atom stereocenters. The zero-order valence-corrected chi connectivity index (χ0v) is 6.56. The van der Waals surface area contributed by atoms with Crippen LogP contribution < -0.4 is 0 Å². The first-order valence-corrected chi connectivity index (χ1v) is 4.02. The van der Waals surface area contributed by atoms with Crippen molar-refractivity contribution in [1.82, 2.24) is 0 Å². The lowest BCUT2D eigenvalue weighted by Gasteiger charge is -1.99. The highest BCUT2D eigenvalue weighted by Crippen LogP contribution is 2.15. The van der Waals surface area contributed by atoms with Gasteiger partial charge in [-0.2, -0.15) is 0 Å². The van der Waals surface area contributed by atoms with Crippen LogP contribution in [-0.4, -0.2) is 0 Å². The third-order valence-corrected chi connectivity index (χ3v) is 1.83. The molecule has 0 heterocycles. The standard InChI is InChI=1S/C10H14/c1-2-7-10-8-5-3-4-6-9-10/h5,8,10H,3-4,6,9H2,1H3. The van der Waals surface area contributed by atoms with Crippen molar-refractivity contribution in [2.75, 3.05) is 0 Å². The molecule has 0 spiro atoms. The summed E-state index contributed by atoms with van der Waals surface area (Å²) in [6, 6.07) is 0. The Bertz CT molecular complexity index is 166. The fraction of sp³-hybridized carbons (Fsp3) is 0.600. The molecule has 54 valence electrons. The average Bonchev–Trinajstić information content (AvgIpc) is 2.17. The van der Waals surface area contributed by atoms with Crippen LogP contribution >= 0.6 is 0 Å². The molecular weight excluding hydrogens is 120 g/mol. The van der Waals surface area contributed by atoms with E-state index >= 15 is 0 Å². The van der Waals surface area contributed by atoms with Crippen molar-refractivity contribution >= 4 is 0 Å². The van der Waals surface area contributed by atoms with E-state index in [-0.39, 0.29) is 0 Å². The molecule has 0 aromatic heterocycles. The van der Waals surface area contributed by atoms with Crippen LogP contribution in [0.25, 0.3) is 0 Å². The maximum Gasteiger partial charge on any atom is 0.0382 e. The van der Waals surface area contributed by atoms with Crippen molar-refractivity contribution in [3.8, 4) is 11.8 Å². The number of hydrogen-bond acceptors (Lipinski definition) is 0. The van der Waals surface area contributed by atoms with Gasteiger partial charge in [0.1, 0.15) is 0 Å². The summed E-state index contributed by atoms with van der Waals surface area (Å²) in [6.07, 6.45) is 9.72. The van der Waals surface area contributed by atoms with Crippen molar-refractivity contribution in [3.63, 3.8) is 0 Å². The zero-order chi connectivity index (χ0) is 7.23. The fourth-order valence-electron chi connectivity index (χ4n) is 1.29. The Morgan fingerprint density at radius 1 is 1.40 bits per heavy atom. The topological polar surface area (TPSA) is 0 Å². The summed E-state index contributed by atoms with van der Waals surface area (Å²) >= 11 is 0. The van der Waals surface area contributed by atoms with Gasteiger partial charge in [0.05, 0.1) is 0 Å². The molecule has 0 aromatic rings. The quantitative estimate of drug-likeness (QED) is 0.353. The van der Waals surface area contributed by atoms with Crippen LogP contribution in [0.15, 0.2) is 12.2 Å². The molecule has 1 atom stereocenters. The van der Waals surface area contributed by atoms with E-state index in [0.717, 1.165) is 0 Å². The highest BCUT2D eigenvalue weighted by Gasteiger charge is 2.02. The summed E-state index contributed by atoms with van der Waals surface area (Å²) in [5.41, 5.74) is 0. The van der Waals surface area contributed by atoms with Gasteiger partial charge in [0.25, 0.3) is 0 Å². The Morgan fingerprint density at radius 2 is 2.30 bits per heavy atom. The molecule has 0 bridgehead atoms. The lowest BCUT2D eigenvalue weighted by atomic mass is 10.1. The molecule has 0 saturated carbocycles. The van der Waals surface area contributed by atoms with E-state index in [9.17, 15) is 0 Å². The van der Waals surface area contributed by atoms with E-state index < -0.39 is 0 Å². The van der Waals surface area contributed by atoms with Gasteiger partial charge < -0.3 is 0 Å². The Hall–Kier alpha value is -0.700. The van der Waals surface area contributed by atoms with Crippen molar-refractivity contribution in [2.24, 2.45) is 5.92 Å². The summed E-state index contributed by atoms with van der Waals surface area (Å²) in [6.45, 7) is 1.92. The van der Waals surface area contributed by atoms with E-state index in [1.807, 2.05) is 6.92 Å². The molecule has 1 aliphatic carbocycles. The molecule has 0 fully saturated rings. The molecular formula is C10H14. The van der Waals surface area contributed by atoms with Crippen LogP contribution in [0.2, 0.25) is 0 Å². The van der Waals surface area contributed by atoms with Gasteiger partial charge in [-0.15, -0.1) is 5.92 Å². The maximum absolute atomic E-state index is 3.19. The maximum atomic E-state index is 3.19. The van der Waals surface area contributed by atoms with Crippen LogP contribution in [0.3, 0.4) is 0 Å². The first kappa shape index (κ1) is 7.41. The normalized spacial score (nSPS) is 24.7. The second-order valence-corrected chi connectivity index (χ2v) is 2.71. The number of allylic oxidation sites excluding steroid dienone is 2. The van der Waals surface area contributed by atoms with Crippen LogP contribution in [0, 0.1) is 17.8 Å². The van der Waals surface area contributed by atoms with E-state index in [1.165, 1.54) is 25.7 Å². The van der Waals surface area contributed by atoms with Gasteiger partial charge in [-0.3, -0.25) is 0 Å². The zero-order valence-electron chi connectivity index (χ0n) is 6.56. The van der Waals surface area contributed by atoms with E-state index in [0.29, 0.717) is 5.92 Å². The highest BCUT2D eigenvalue weighted by molar-refractivity contribution is 5.10. The Balaban J connectivity index is 2.46. The minimum absolute atomic E-state index is 0.549. The largest absolute Gasteiger partial charge is 0.106 e. The molecule has 0 aliphatic heterocycles. The van der Waals surface area contributed by atoms with Crippen molar-refractivity contribution < 1.29 is 0 Å². The minimum Gasteiger partial charge on any atom is -0.106 e. The molecule has 0 nitrogen and oxygen atoms in total. The molecule has 0 radical (unpaired) electrons. The lowest BCUT2D eigenvalue weighted by molar-refractivity contribution is 0.657. The van der Waals surface area contributed by atoms with Gasteiger partial charge in [-0.05, 0) is 26.2 Å². The average molecular weight is 134 g/mol. The monoisotopic (exact) mass is 134 g/mol. The number of hydrogen-bond donors (Lipinski definition) is 0. The van der Waals surface area contributed by atoms with Crippen molar-refractivity contribution in [3.05, 3.63) is 12.2 Å². The van der Waals surface area contributed by atoms with Crippen LogP contribution in [0.4, 0.5) is 0 Å². The van der Waals surface area contributed by atoms with Crippen LogP contribution in [0.1, 0.15) is 32.6 Å².